The zero-order valence-electron chi connectivity index (χ0n) is 19.2. The number of ether oxygens (including phenoxy) is 2. The predicted molar refractivity (Wildman–Crippen MR) is 126 cm³/mol. The van der Waals surface area contributed by atoms with E-state index < -0.39 is 11.7 Å². The summed E-state index contributed by atoms with van der Waals surface area (Å²) in [4.78, 5) is 28.2. The van der Waals surface area contributed by atoms with Gasteiger partial charge in [-0.2, -0.15) is 0 Å². The maximum Gasteiger partial charge on any atom is 0.253 e. The number of halogens is 1. The summed E-state index contributed by atoms with van der Waals surface area (Å²) < 4.78 is 24.3. The molecule has 176 valence electrons. The Morgan fingerprint density at radius 3 is 2.38 bits per heavy atom. The number of methoxy groups -OCH3 is 2. The highest BCUT2D eigenvalue weighted by molar-refractivity contribution is 5.95. The van der Waals surface area contributed by atoms with Crippen LogP contribution in [0.3, 0.4) is 0 Å². The van der Waals surface area contributed by atoms with Crippen LogP contribution in [-0.4, -0.2) is 44.0 Å². The van der Waals surface area contributed by atoms with E-state index in [1.54, 1.807) is 31.3 Å². The van der Waals surface area contributed by atoms with Crippen molar-refractivity contribution in [3.05, 3.63) is 95.3 Å². The summed E-state index contributed by atoms with van der Waals surface area (Å²) in [5, 5.41) is 3.01. The molecule has 0 aromatic heterocycles. The first kappa shape index (κ1) is 23.3. The summed E-state index contributed by atoms with van der Waals surface area (Å²) in [6, 6.07) is 20.5. The molecule has 0 bridgehead atoms. The maximum atomic E-state index is 13.4. The molecule has 7 heteroatoms. The van der Waals surface area contributed by atoms with Crippen LogP contribution in [0.5, 0.6) is 11.5 Å². The van der Waals surface area contributed by atoms with Crippen LogP contribution in [0.2, 0.25) is 0 Å². The average Bonchev–Trinajstić information content (AvgIpc) is 3.33. The Hall–Kier alpha value is -3.87. The summed E-state index contributed by atoms with van der Waals surface area (Å²) >= 11 is 0. The second kappa shape index (κ2) is 10.4. The minimum atomic E-state index is -0.492. The summed E-state index contributed by atoms with van der Waals surface area (Å²) in [5.41, 5.74) is 2.17. The normalized spacial score (nSPS) is 17.3. The van der Waals surface area contributed by atoms with Gasteiger partial charge in [-0.25, -0.2) is 4.39 Å². The summed E-state index contributed by atoms with van der Waals surface area (Å²) in [6.07, 6.45) is 0. The van der Waals surface area contributed by atoms with Crippen LogP contribution in [0.15, 0.2) is 72.8 Å². The molecule has 1 aliphatic rings. The first-order valence-electron chi connectivity index (χ1n) is 11.1. The van der Waals surface area contributed by atoms with Gasteiger partial charge in [0.15, 0.2) is 0 Å². The summed E-state index contributed by atoms with van der Waals surface area (Å²) in [6.45, 7) is 0.953. The third-order valence-electron chi connectivity index (χ3n) is 6.18. The molecule has 0 saturated carbocycles. The van der Waals surface area contributed by atoms with Crippen LogP contribution in [0.1, 0.15) is 27.4 Å². The van der Waals surface area contributed by atoms with Gasteiger partial charge in [0.05, 0.1) is 20.1 Å². The van der Waals surface area contributed by atoms with Crippen molar-refractivity contribution >= 4 is 11.8 Å². The van der Waals surface area contributed by atoms with Crippen molar-refractivity contribution in [1.82, 2.24) is 10.2 Å². The van der Waals surface area contributed by atoms with Gasteiger partial charge in [0.1, 0.15) is 17.3 Å². The van der Waals surface area contributed by atoms with Gasteiger partial charge in [0.2, 0.25) is 5.91 Å². The molecule has 1 N–H and O–H groups in total. The number of hydrogen-bond acceptors (Lipinski definition) is 4. The second-order valence-corrected chi connectivity index (χ2v) is 8.24. The summed E-state index contributed by atoms with van der Waals surface area (Å²) in [7, 11) is 3.15. The van der Waals surface area contributed by atoms with Crippen LogP contribution in [-0.2, 0) is 11.3 Å². The molecule has 6 nitrogen and oxygen atoms in total. The molecular weight excluding hydrogens is 435 g/mol. The van der Waals surface area contributed by atoms with Crippen molar-refractivity contribution in [2.45, 2.75) is 12.5 Å². The summed E-state index contributed by atoms with van der Waals surface area (Å²) in [5.74, 6) is -0.321. The topological polar surface area (TPSA) is 67.9 Å². The third kappa shape index (κ3) is 5.03. The molecule has 4 rings (SSSR count). The number of carbonyl (C=O) groups is 2. The standard InChI is InChI=1S/C27H27FN2O4/c1-33-21-12-13-25(34-2)22(14-21)23-16-30(27(32)19-8-10-20(28)11-9-19)17-24(23)26(31)29-15-18-6-4-3-5-7-18/h3-14,23-24H,15-17H2,1-2H3,(H,29,31)/t23-,24+/m0/s1. The molecule has 3 aromatic rings. The average molecular weight is 463 g/mol. The highest BCUT2D eigenvalue weighted by Gasteiger charge is 2.42. The van der Waals surface area contributed by atoms with E-state index >= 15 is 0 Å². The Morgan fingerprint density at radius 1 is 0.971 bits per heavy atom. The molecule has 0 aliphatic carbocycles. The molecule has 1 heterocycles. The van der Waals surface area contributed by atoms with Crippen LogP contribution in [0.4, 0.5) is 4.39 Å². The number of rotatable bonds is 7. The Kier molecular flexibility index (Phi) is 7.11. The minimum Gasteiger partial charge on any atom is -0.497 e. The lowest BCUT2D eigenvalue weighted by molar-refractivity contribution is -0.125. The molecule has 0 spiro atoms. The molecule has 0 unspecified atom stereocenters. The Labute approximate surface area is 198 Å². The number of amides is 2. The van der Waals surface area contributed by atoms with Crippen molar-refractivity contribution in [1.29, 1.82) is 0 Å². The van der Waals surface area contributed by atoms with Gasteiger partial charge in [0, 0.05) is 36.7 Å². The number of nitrogens with zero attached hydrogens (tertiary/aromatic N) is 1. The second-order valence-electron chi connectivity index (χ2n) is 8.24. The molecule has 1 aliphatic heterocycles. The highest BCUT2D eigenvalue weighted by Crippen LogP contribution is 2.40. The van der Waals surface area contributed by atoms with E-state index in [4.69, 9.17) is 9.47 Å². The molecule has 3 aromatic carbocycles. The Bertz CT molecular complexity index is 1150. The van der Waals surface area contributed by atoms with Gasteiger partial charge >= 0.3 is 0 Å². The van der Waals surface area contributed by atoms with Gasteiger partial charge in [-0.1, -0.05) is 30.3 Å². The van der Waals surface area contributed by atoms with E-state index in [9.17, 15) is 14.0 Å². The lowest BCUT2D eigenvalue weighted by Gasteiger charge is -2.21. The van der Waals surface area contributed by atoms with E-state index in [2.05, 4.69) is 5.32 Å². The lowest BCUT2D eigenvalue weighted by atomic mass is 9.87. The molecule has 2 atom stereocenters. The lowest BCUT2D eigenvalue weighted by Crippen LogP contribution is -2.35. The van der Waals surface area contributed by atoms with Crippen molar-refractivity contribution in [2.24, 2.45) is 5.92 Å². The Balaban J connectivity index is 1.62. The molecular formula is C27H27FN2O4. The smallest absolute Gasteiger partial charge is 0.253 e. The molecule has 0 radical (unpaired) electrons. The number of carbonyl (C=O) groups excluding carboxylic acids is 2. The minimum absolute atomic E-state index is 0.145. The first-order valence-corrected chi connectivity index (χ1v) is 11.1. The van der Waals surface area contributed by atoms with Crippen LogP contribution in [0, 0.1) is 11.7 Å². The number of likely N-dealkylation sites (tertiary alicyclic amines) is 1. The van der Waals surface area contributed by atoms with Crippen molar-refractivity contribution in [2.75, 3.05) is 27.3 Å². The number of hydrogen-bond donors (Lipinski definition) is 1. The fraction of sp³-hybridized carbons (Fsp3) is 0.259. The van der Waals surface area contributed by atoms with E-state index in [0.29, 0.717) is 30.2 Å². The Morgan fingerprint density at radius 2 is 1.71 bits per heavy atom. The number of benzene rings is 3. The van der Waals surface area contributed by atoms with Crippen molar-refractivity contribution < 1.29 is 23.5 Å². The fourth-order valence-corrected chi connectivity index (χ4v) is 4.37. The highest BCUT2D eigenvalue weighted by atomic mass is 19.1. The van der Waals surface area contributed by atoms with Crippen LogP contribution >= 0.6 is 0 Å². The number of nitrogens with one attached hydrogen (secondary N) is 1. The fourth-order valence-electron chi connectivity index (χ4n) is 4.37. The van der Waals surface area contributed by atoms with E-state index in [1.165, 1.54) is 24.3 Å². The predicted octanol–water partition coefficient (Wildman–Crippen LogP) is 4.02. The largest absolute Gasteiger partial charge is 0.497 e. The zero-order valence-corrected chi connectivity index (χ0v) is 19.2. The molecule has 1 saturated heterocycles. The molecule has 34 heavy (non-hydrogen) atoms. The first-order chi connectivity index (χ1) is 16.5. The van der Waals surface area contributed by atoms with Gasteiger partial charge in [0.25, 0.3) is 5.91 Å². The zero-order chi connectivity index (χ0) is 24.1. The monoisotopic (exact) mass is 462 g/mol. The van der Waals surface area contributed by atoms with Gasteiger partial charge < -0.3 is 19.7 Å². The van der Waals surface area contributed by atoms with Gasteiger partial charge in [-0.15, -0.1) is 0 Å². The molecule has 2 amide bonds. The van der Waals surface area contributed by atoms with Gasteiger partial charge in [-0.05, 0) is 48.0 Å². The van der Waals surface area contributed by atoms with Crippen LogP contribution in [0.25, 0.3) is 0 Å². The van der Waals surface area contributed by atoms with E-state index in [1.807, 2.05) is 36.4 Å². The van der Waals surface area contributed by atoms with E-state index in [-0.39, 0.29) is 24.3 Å². The van der Waals surface area contributed by atoms with Crippen LogP contribution < -0.4 is 14.8 Å². The third-order valence-corrected chi connectivity index (χ3v) is 6.18. The van der Waals surface area contributed by atoms with E-state index in [0.717, 1.165) is 11.1 Å². The maximum absolute atomic E-state index is 13.4. The van der Waals surface area contributed by atoms with Gasteiger partial charge in [-0.3, -0.25) is 9.59 Å². The molecule has 1 fully saturated rings. The SMILES string of the molecule is COc1ccc(OC)c([C@@H]2CN(C(=O)c3ccc(F)cc3)C[C@H]2C(=O)NCc2ccccc2)c1. The van der Waals surface area contributed by atoms with Crippen molar-refractivity contribution in [3.8, 4) is 11.5 Å². The van der Waals surface area contributed by atoms with Crippen molar-refractivity contribution in [3.63, 3.8) is 0 Å². The quantitative estimate of drug-likeness (QED) is 0.576.